The van der Waals surface area contributed by atoms with Crippen LogP contribution >= 0.6 is 11.6 Å². The number of carbonyl (C=O) groups excluding carboxylic acids is 2. The average Bonchev–Trinajstić information content (AvgIpc) is 2.91. The molecule has 0 fully saturated rings. The van der Waals surface area contributed by atoms with Gasteiger partial charge in [0.25, 0.3) is 10.0 Å². The summed E-state index contributed by atoms with van der Waals surface area (Å²) >= 11 is 6.47. The van der Waals surface area contributed by atoms with Crippen LogP contribution in [0.3, 0.4) is 0 Å². The molecule has 0 radical (unpaired) electrons. The molecule has 0 aliphatic heterocycles. The smallest absolute Gasteiger partial charge is 0.264 e. The third-order valence-corrected chi connectivity index (χ3v) is 8.85. The van der Waals surface area contributed by atoms with Crippen LogP contribution in [0.4, 0.5) is 5.69 Å². The van der Waals surface area contributed by atoms with Gasteiger partial charge in [-0.15, -0.1) is 0 Å². The van der Waals surface area contributed by atoms with Gasteiger partial charge in [0.1, 0.15) is 12.6 Å². The second kappa shape index (κ2) is 13.5. The largest absolute Gasteiger partial charge is 0.350 e. The molecule has 1 atom stereocenters. The monoisotopic (exact) mass is 597 g/mol. The van der Waals surface area contributed by atoms with E-state index < -0.39 is 34.1 Å². The molecule has 2 amide bonds. The molecule has 0 aromatic heterocycles. The summed E-state index contributed by atoms with van der Waals surface area (Å²) in [6.07, 6.45) is 0.896. The molecule has 0 aliphatic carbocycles. The van der Waals surface area contributed by atoms with Crippen molar-refractivity contribution in [2.45, 2.75) is 77.4 Å². The Morgan fingerprint density at radius 1 is 0.902 bits per heavy atom. The first-order valence-corrected chi connectivity index (χ1v) is 15.6. The third-order valence-electron chi connectivity index (χ3n) is 6.71. The topological polar surface area (TPSA) is 86.8 Å². The molecule has 1 N–H and O–H groups in total. The molecule has 0 saturated heterocycles. The fourth-order valence-corrected chi connectivity index (χ4v) is 6.23. The summed E-state index contributed by atoms with van der Waals surface area (Å²) in [6.45, 7) is 10.8. The molecule has 41 heavy (non-hydrogen) atoms. The Morgan fingerprint density at radius 2 is 1.49 bits per heavy atom. The van der Waals surface area contributed by atoms with Crippen LogP contribution in [0.2, 0.25) is 5.02 Å². The van der Waals surface area contributed by atoms with Gasteiger partial charge in [0, 0.05) is 17.1 Å². The first kappa shape index (κ1) is 32.2. The van der Waals surface area contributed by atoms with Crippen LogP contribution in [0.25, 0.3) is 0 Å². The molecule has 7 nitrogen and oxygen atoms in total. The summed E-state index contributed by atoms with van der Waals surface area (Å²) in [7, 11) is -4.14. The number of halogens is 1. The van der Waals surface area contributed by atoms with E-state index in [1.54, 1.807) is 54.6 Å². The first-order valence-electron chi connectivity index (χ1n) is 13.8. The summed E-state index contributed by atoms with van der Waals surface area (Å²) in [5, 5.41) is 3.43. The van der Waals surface area contributed by atoms with Crippen LogP contribution < -0.4 is 9.62 Å². The lowest BCUT2D eigenvalue weighted by Crippen LogP contribution is -2.55. The molecule has 0 bridgehead atoms. The minimum Gasteiger partial charge on any atom is -0.350 e. The number of hydrogen-bond donors (Lipinski definition) is 1. The van der Waals surface area contributed by atoms with Crippen molar-refractivity contribution in [3.05, 3.63) is 94.5 Å². The van der Waals surface area contributed by atoms with Gasteiger partial charge >= 0.3 is 0 Å². The fraction of sp³-hybridized carbons (Fsp3) is 0.375. The Kier molecular flexibility index (Phi) is 10.6. The summed E-state index contributed by atoms with van der Waals surface area (Å²) in [6, 6.07) is 20.0. The number of carbonyl (C=O) groups is 2. The van der Waals surface area contributed by atoms with Gasteiger partial charge in [-0.1, -0.05) is 79.5 Å². The van der Waals surface area contributed by atoms with Gasteiger partial charge in [-0.3, -0.25) is 13.9 Å². The first-order chi connectivity index (χ1) is 19.3. The van der Waals surface area contributed by atoms with Crippen molar-refractivity contribution in [3.8, 4) is 0 Å². The second-order valence-corrected chi connectivity index (χ2v) is 13.4. The molecular formula is C32H40ClN3O4S. The number of hydrogen-bond acceptors (Lipinski definition) is 4. The van der Waals surface area contributed by atoms with Gasteiger partial charge < -0.3 is 10.2 Å². The number of rotatable bonds is 11. The zero-order chi connectivity index (χ0) is 30.4. The summed E-state index contributed by atoms with van der Waals surface area (Å²) in [5.74, 6) is -0.829. The summed E-state index contributed by atoms with van der Waals surface area (Å²) in [4.78, 5) is 29.2. The van der Waals surface area contributed by atoms with Crippen LogP contribution in [0, 0.1) is 6.92 Å². The van der Waals surface area contributed by atoms with Crippen molar-refractivity contribution in [2.24, 2.45) is 0 Å². The highest BCUT2D eigenvalue weighted by Crippen LogP contribution is 2.29. The van der Waals surface area contributed by atoms with E-state index >= 15 is 0 Å². The minimum atomic E-state index is -4.14. The SMILES string of the molecule is CCc1ccccc1N(CC(=O)N(Cc1ccccc1Cl)[C@H](CC)C(=O)NC(C)(C)C)S(=O)(=O)c1ccc(C)cc1. The Balaban J connectivity index is 2.12. The number of benzene rings is 3. The van der Waals surface area contributed by atoms with E-state index in [1.807, 2.05) is 59.7 Å². The Labute approximate surface area is 249 Å². The molecule has 220 valence electrons. The maximum atomic E-state index is 14.2. The normalized spacial score (nSPS) is 12.5. The Hall–Kier alpha value is -3.36. The third kappa shape index (κ3) is 8.11. The van der Waals surface area contributed by atoms with Gasteiger partial charge in [0.15, 0.2) is 0 Å². The zero-order valence-corrected chi connectivity index (χ0v) is 26.2. The van der Waals surface area contributed by atoms with Crippen LogP contribution in [-0.2, 0) is 32.6 Å². The quantitative estimate of drug-likeness (QED) is 0.288. The molecule has 9 heteroatoms. The van der Waals surface area contributed by atoms with E-state index in [0.717, 1.165) is 15.4 Å². The maximum Gasteiger partial charge on any atom is 0.264 e. The number of sulfonamides is 1. The van der Waals surface area contributed by atoms with Crippen molar-refractivity contribution < 1.29 is 18.0 Å². The van der Waals surface area contributed by atoms with Crippen LogP contribution in [0.5, 0.6) is 0 Å². The Morgan fingerprint density at radius 3 is 2.05 bits per heavy atom. The van der Waals surface area contributed by atoms with Crippen molar-refractivity contribution in [1.82, 2.24) is 10.2 Å². The van der Waals surface area contributed by atoms with Gasteiger partial charge in [-0.05, 0) is 75.9 Å². The standard InChI is InChI=1S/C32H40ClN3O4S/c1-7-24-13-10-12-16-29(24)36(41(39,40)26-19-17-23(3)18-20-26)22-30(37)35(21-25-14-9-11-15-27(25)33)28(8-2)31(38)34-32(4,5)6/h9-20,28H,7-8,21-22H2,1-6H3,(H,34,38)/t28-/m1/s1. The molecule has 0 unspecified atom stereocenters. The highest BCUT2D eigenvalue weighted by atomic mass is 35.5. The highest BCUT2D eigenvalue weighted by molar-refractivity contribution is 7.92. The average molecular weight is 598 g/mol. The van der Waals surface area contributed by atoms with Crippen molar-refractivity contribution in [3.63, 3.8) is 0 Å². The van der Waals surface area contributed by atoms with E-state index in [4.69, 9.17) is 11.6 Å². The molecule has 3 aromatic carbocycles. The number of nitrogens with zero attached hydrogens (tertiary/aromatic N) is 2. The van der Waals surface area contributed by atoms with E-state index in [9.17, 15) is 18.0 Å². The van der Waals surface area contributed by atoms with E-state index in [0.29, 0.717) is 29.1 Å². The van der Waals surface area contributed by atoms with Gasteiger partial charge in [-0.25, -0.2) is 8.42 Å². The molecule has 0 aliphatic rings. The van der Waals surface area contributed by atoms with Gasteiger partial charge in [0.05, 0.1) is 10.6 Å². The Bertz CT molecular complexity index is 1470. The highest BCUT2D eigenvalue weighted by Gasteiger charge is 2.35. The van der Waals surface area contributed by atoms with Crippen LogP contribution in [0.15, 0.2) is 77.7 Å². The van der Waals surface area contributed by atoms with Crippen molar-refractivity contribution in [1.29, 1.82) is 0 Å². The lowest BCUT2D eigenvalue weighted by atomic mass is 10.1. The molecular weight excluding hydrogens is 558 g/mol. The summed E-state index contributed by atoms with van der Waals surface area (Å²) in [5.41, 5.74) is 2.26. The molecule has 3 aromatic rings. The van der Waals surface area contributed by atoms with Crippen LogP contribution in [0.1, 0.15) is 57.7 Å². The van der Waals surface area contributed by atoms with Gasteiger partial charge in [0.2, 0.25) is 11.8 Å². The van der Waals surface area contributed by atoms with E-state index in [2.05, 4.69) is 5.32 Å². The minimum absolute atomic E-state index is 0.0441. The lowest BCUT2D eigenvalue weighted by molar-refractivity contribution is -0.141. The van der Waals surface area contributed by atoms with Crippen LogP contribution in [-0.4, -0.2) is 43.3 Å². The number of nitrogens with one attached hydrogen (secondary N) is 1. The maximum absolute atomic E-state index is 14.2. The molecule has 3 rings (SSSR count). The predicted molar refractivity (Wildman–Crippen MR) is 166 cm³/mol. The molecule has 0 saturated carbocycles. The second-order valence-electron chi connectivity index (χ2n) is 11.1. The number of anilines is 1. The van der Waals surface area contributed by atoms with Crippen molar-refractivity contribution in [2.75, 3.05) is 10.8 Å². The number of amides is 2. The number of para-hydroxylation sites is 1. The fourth-order valence-electron chi connectivity index (χ4n) is 4.59. The van der Waals surface area contributed by atoms with E-state index in [-0.39, 0.29) is 17.3 Å². The zero-order valence-electron chi connectivity index (χ0n) is 24.6. The van der Waals surface area contributed by atoms with E-state index in [1.165, 1.54) is 4.90 Å². The molecule has 0 spiro atoms. The van der Waals surface area contributed by atoms with Gasteiger partial charge in [-0.2, -0.15) is 0 Å². The van der Waals surface area contributed by atoms with Crippen molar-refractivity contribution >= 4 is 39.1 Å². The number of aryl methyl sites for hydroxylation is 2. The lowest BCUT2D eigenvalue weighted by Gasteiger charge is -2.35. The molecule has 0 heterocycles. The predicted octanol–water partition coefficient (Wildman–Crippen LogP) is 6.13. The summed E-state index contributed by atoms with van der Waals surface area (Å²) < 4.78 is 29.4.